The van der Waals surface area contributed by atoms with Crippen LogP contribution in [0.2, 0.25) is 0 Å². The molecule has 2 heteroatoms. The van der Waals surface area contributed by atoms with Crippen molar-refractivity contribution in [2.24, 2.45) is 5.92 Å². The molecule has 1 nitrogen and oxygen atoms in total. The van der Waals surface area contributed by atoms with E-state index < -0.39 is 0 Å². The zero-order valence-electron chi connectivity index (χ0n) is 5.22. The fourth-order valence-electron chi connectivity index (χ4n) is 0.242. The summed E-state index contributed by atoms with van der Waals surface area (Å²) >= 11 is 1.40. The zero-order valence-corrected chi connectivity index (χ0v) is 6.03. The van der Waals surface area contributed by atoms with E-state index in [0.717, 1.165) is 0 Å². The van der Waals surface area contributed by atoms with Crippen molar-refractivity contribution in [1.82, 2.24) is 0 Å². The Morgan fingerprint density at radius 3 is 2.50 bits per heavy atom. The third-order valence-corrected chi connectivity index (χ3v) is 1.06. The van der Waals surface area contributed by atoms with Crippen molar-refractivity contribution < 1.29 is 0 Å². The molecule has 0 heterocycles. The van der Waals surface area contributed by atoms with Gasteiger partial charge in [0.1, 0.15) is 0 Å². The number of allylic oxidation sites excluding steroid dienone is 1. The second-order valence-electron chi connectivity index (χ2n) is 1.83. The third-order valence-electron chi connectivity index (χ3n) is 0.610. The third kappa shape index (κ3) is 5.76. The maximum Gasteiger partial charge on any atom is 0.0548 e. The Bertz CT molecular complexity index is 86.5. The Labute approximate surface area is 54.7 Å². The molecule has 0 aliphatic heterocycles. The molecule has 0 unspecified atom stereocenters. The number of hydrogen-bond donors (Lipinski definition) is 1. The molecule has 0 saturated carbocycles. The summed E-state index contributed by atoms with van der Waals surface area (Å²) in [5, 5.41) is 8.56. The summed E-state index contributed by atoms with van der Waals surface area (Å²) in [5.74, 6) is 0.599. The maximum atomic E-state index is 6.63. The highest BCUT2D eigenvalue weighted by Crippen LogP contribution is 2.00. The molecule has 1 N–H and O–H groups in total. The smallest absolute Gasteiger partial charge is 0.0548 e. The summed E-state index contributed by atoms with van der Waals surface area (Å²) in [6.45, 7) is 4.22. The van der Waals surface area contributed by atoms with E-state index >= 15 is 0 Å². The van der Waals surface area contributed by atoms with Gasteiger partial charge >= 0.3 is 0 Å². The van der Waals surface area contributed by atoms with E-state index in [2.05, 4.69) is 19.9 Å². The Kier molecular flexibility index (Phi) is 4.76. The molecule has 0 amide bonds. The first-order valence-corrected chi connectivity index (χ1v) is 3.52. The van der Waals surface area contributed by atoms with Gasteiger partial charge in [0.05, 0.1) is 5.55 Å². The monoisotopic (exact) mass is 129 g/mol. The minimum atomic E-state index is 0.599. The minimum Gasteiger partial charge on any atom is -0.302 e. The molecular formula is C6H11NS. The van der Waals surface area contributed by atoms with Crippen molar-refractivity contribution >= 4 is 17.3 Å². The van der Waals surface area contributed by atoms with Gasteiger partial charge in [-0.1, -0.05) is 31.7 Å². The number of thioether (sulfide) groups is 1. The summed E-state index contributed by atoms with van der Waals surface area (Å²) in [6.07, 6.45) is 2.07. The van der Waals surface area contributed by atoms with Gasteiger partial charge in [-0.05, 0) is 11.3 Å². The summed E-state index contributed by atoms with van der Waals surface area (Å²) in [6, 6.07) is 0. The van der Waals surface area contributed by atoms with Crippen LogP contribution in [0.5, 0.6) is 0 Å². The largest absolute Gasteiger partial charge is 0.302 e. The van der Waals surface area contributed by atoms with Crippen LogP contribution >= 0.6 is 11.8 Å². The van der Waals surface area contributed by atoms with Gasteiger partial charge in [0, 0.05) is 0 Å². The van der Waals surface area contributed by atoms with E-state index in [9.17, 15) is 0 Å². The maximum absolute atomic E-state index is 6.63. The molecule has 46 valence electrons. The van der Waals surface area contributed by atoms with Crippen LogP contribution in [0.15, 0.2) is 11.5 Å². The van der Waals surface area contributed by atoms with E-state index in [1.54, 1.807) is 0 Å². The summed E-state index contributed by atoms with van der Waals surface area (Å²) < 4.78 is 0. The summed E-state index contributed by atoms with van der Waals surface area (Å²) in [5.41, 5.74) is 1.32. The van der Waals surface area contributed by atoms with Crippen molar-refractivity contribution in [2.45, 2.75) is 13.8 Å². The minimum absolute atomic E-state index is 0.599. The van der Waals surface area contributed by atoms with Gasteiger partial charge in [0.25, 0.3) is 0 Å². The Morgan fingerprint density at radius 1 is 1.50 bits per heavy atom. The van der Waals surface area contributed by atoms with Crippen LogP contribution in [-0.4, -0.2) is 5.55 Å². The van der Waals surface area contributed by atoms with Crippen molar-refractivity contribution in [3.63, 3.8) is 0 Å². The molecule has 0 rings (SSSR count). The highest BCUT2D eigenvalue weighted by Gasteiger charge is 1.79. The second-order valence-corrected chi connectivity index (χ2v) is 2.61. The zero-order chi connectivity index (χ0) is 6.41. The van der Waals surface area contributed by atoms with Crippen LogP contribution in [0.3, 0.4) is 0 Å². The molecule has 0 saturated heterocycles. The van der Waals surface area contributed by atoms with Crippen LogP contribution in [0.1, 0.15) is 13.8 Å². The lowest BCUT2D eigenvalue weighted by Crippen LogP contribution is -1.73. The predicted molar refractivity (Wildman–Crippen MR) is 40.4 cm³/mol. The lowest BCUT2D eigenvalue weighted by Gasteiger charge is -1.88. The molecule has 0 aromatic heterocycles. The molecule has 0 bridgehead atoms. The van der Waals surface area contributed by atoms with Crippen molar-refractivity contribution in [2.75, 3.05) is 0 Å². The van der Waals surface area contributed by atoms with Crippen LogP contribution in [0, 0.1) is 11.3 Å². The molecule has 0 aliphatic rings. The molecule has 0 radical (unpaired) electrons. The standard InChI is InChI=1S/C6H11NS/c1-6(2)3-4-8-5-7/h3-7H,1-2H3/b4-3-,7-5?. The Morgan fingerprint density at radius 2 is 2.12 bits per heavy atom. The molecule has 0 aromatic carbocycles. The van der Waals surface area contributed by atoms with Crippen LogP contribution in [0.4, 0.5) is 0 Å². The van der Waals surface area contributed by atoms with Crippen LogP contribution < -0.4 is 0 Å². The first-order valence-electron chi connectivity index (χ1n) is 2.58. The number of rotatable bonds is 3. The average molecular weight is 129 g/mol. The highest BCUT2D eigenvalue weighted by molar-refractivity contribution is 8.14. The highest BCUT2D eigenvalue weighted by atomic mass is 32.2. The first kappa shape index (κ1) is 7.76. The van der Waals surface area contributed by atoms with Crippen LogP contribution in [0.25, 0.3) is 0 Å². The SMILES string of the molecule is CC(C)/C=C\SC=N. The fraction of sp³-hybridized carbons (Fsp3) is 0.500. The normalized spacial score (nSPS) is 10.9. The lowest BCUT2D eigenvalue weighted by atomic mass is 10.2. The van der Waals surface area contributed by atoms with Gasteiger partial charge in [0.2, 0.25) is 0 Å². The quantitative estimate of drug-likeness (QED) is 0.459. The topological polar surface area (TPSA) is 23.9 Å². The van der Waals surface area contributed by atoms with Gasteiger partial charge < -0.3 is 5.41 Å². The average Bonchev–Trinajstić information content (AvgIpc) is 1.66. The molecule has 0 atom stereocenters. The first-order chi connectivity index (χ1) is 3.77. The molecule has 0 fully saturated rings. The molecule has 0 spiro atoms. The van der Waals surface area contributed by atoms with Crippen molar-refractivity contribution in [3.05, 3.63) is 11.5 Å². The second kappa shape index (κ2) is 4.91. The van der Waals surface area contributed by atoms with Gasteiger partial charge in [0.15, 0.2) is 0 Å². The Balaban J connectivity index is 3.19. The number of hydrogen-bond acceptors (Lipinski definition) is 2. The van der Waals surface area contributed by atoms with E-state index in [0.29, 0.717) is 5.92 Å². The van der Waals surface area contributed by atoms with Gasteiger partial charge in [-0.15, -0.1) is 0 Å². The van der Waals surface area contributed by atoms with E-state index in [1.165, 1.54) is 17.3 Å². The molecule has 0 aliphatic carbocycles. The molecular weight excluding hydrogens is 118 g/mol. The Hall–Kier alpha value is -0.240. The van der Waals surface area contributed by atoms with Crippen LogP contribution in [-0.2, 0) is 0 Å². The molecule has 0 aromatic rings. The van der Waals surface area contributed by atoms with Crippen molar-refractivity contribution in [3.8, 4) is 0 Å². The van der Waals surface area contributed by atoms with Gasteiger partial charge in [-0.3, -0.25) is 0 Å². The predicted octanol–water partition coefficient (Wildman–Crippen LogP) is 2.50. The lowest BCUT2D eigenvalue weighted by molar-refractivity contribution is 0.834. The van der Waals surface area contributed by atoms with E-state index in [4.69, 9.17) is 5.41 Å². The summed E-state index contributed by atoms with van der Waals surface area (Å²) in [4.78, 5) is 0. The summed E-state index contributed by atoms with van der Waals surface area (Å²) in [7, 11) is 0. The van der Waals surface area contributed by atoms with Gasteiger partial charge in [-0.2, -0.15) is 0 Å². The number of nitrogens with one attached hydrogen (secondary N) is 1. The molecule has 8 heavy (non-hydrogen) atoms. The van der Waals surface area contributed by atoms with Gasteiger partial charge in [-0.25, -0.2) is 0 Å². The fourth-order valence-corrected chi connectivity index (χ4v) is 0.725. The van der Waals surface area contributed by atoms with E-state index in [1.807, 2.05) is 5.41 Å². The van der Waals surface area contributed by atoms with Crippen molar-refractivity contribution in [1.29, 1.82) is 5.41 Å². The van der Waals surface area contributed by atoms with E-state index in [-0.39, 0.29) is 0 Å².